The Morgan fingerprint density at radius 1 is 1.25 bits per heavy atom. The Labute approximate surface area is 121 Å². The van der Waals surface area contributed by atoms with Gasteiger partial charge in [0, 0.05) is 18.5 Å². The highest BCUT2D eigenvalue weighted by Crippen LogP contribution is 2.31. The molecule has 0 aliphatic carbocycles. The summed E-state index contributed by atoms with van der Waals surface area (Å²) < 4.78 is 2.17. The molecule has 2 rings (SSSR count). The van der Waals surface area contributed by atoms with E-state index >= 15 is 0 Å². The summed E-state index contributed by atoms with van der Waals surface area (Å²) in [5.74, 6) is 2.43. The van der Waals surface area contributed by atoms with Crippen LogP contribution in [0.25, 0.3) is 11.3 Å². The van der Waals surface area contributed by atoms with Crippen LogP contribution in [0.2, 0.25) is 0 Å². The lowest BCUT2D eigenvalue weighted by molar-refractivity contribution is 0.513. The molecule has 108 valence electrons. The van der Waals surface area contributed by atoms with Crippen molar-refractivity contribution in [2.75, 3.05) is 5.73 Å². The van der Waals surface area contributed by atoms with Crippen molar-refractivity contribution in [3.05, 3.63) is 35.2 Å². The first kappa shape index (κ1) is 14.6. The molecule has 2 N–H and O–H groups in total. The lowest BCUT2D eigenvalue weighted by Gasteiger charge is -2.12. The van der Waals surface area contributed by atoms with Crippen LogP contribution in [0.4, 0.5) is 5.82 Å². The Bertz CT molecular complexity index is 609. The third kappa shape index (κ3) is 2.58. The normalized spacial score (nSPS) is 11.3. The first-order valence-electron chi connectivity index (χ1n) is 7.37. The van der Waals surface area contributed by atoms with E-state index in [1.807, 2.05) is 0 Å². The molecule has 3 nitrogen and oxygen atoms in total. The second-order valence-electron chi connectivity index (χ2n) is 5.87. The Balaban J connectivity index is 2.58. The fraction of sp³-hybridized carbons (Fsp3) is 0.471. The van der Waals surface area contributed by atoms with E-state index in [-0.39, 0.29) is 0 Å². The average Bonchev–Trinajstić information content (AvgIpc) is 2.70. The molecule has 3 heteroatoms. The van der Waals surface area contributed by atoms with Gasteiger partial charge in [-0.3, -0.25) is 0 Å². The minimum absolute atomic E-state index is 0.559. The topological polar surface area (TPSA) is 43.8 Å². The van der Waals surface area contributed by atoms with Gasteiger partial charge in [-0.25, -0.2) is 4.98 Å². The van der Waals surface area contributed by atoms with Crippen molar-refractivity contribution in [2.45, 2.75) is 47.6 Å². The summed E-state index contributed by atoms with van der Waals surface area (Å²) in [4.78, 5) is 4.79. The molecule has 0 saturated heterocycles. The minimum Gasteiger partial charge on any atom is -0.383 e. The standard InChI is InChI=1S/C17H25N3/c1-6-15-19-16(17(18)20(15)10-11(2)3)14-9-7-8-12(4)13(14)5/h7-9,11H,6,10,18H2,1-5H3. The Morgan fingerprint density at radius 2 is 1.95 bits per heavy atom. The number of hydrogen-bond donors (Lipinski definition) is 1. The minimum atomic E-state index is 0.559. The third-order valence-corrected chi connectivity index (χ3v) is 3.81. The molecule has 0 amide bonds. The fourth-order valence-electron chi connectivity index (χ4n) is 2.56. The molecule has 0 atom stereocenters. The highest BCUT2D eigenvalue weighted by Gasteiger charge is 2.17. The number of imidazole rings is 1. The number of aryl methyl sites for hydroxylation is 2. The number of hydrogen-bond acceptors (Lipinski definition) is 2. The summed E-state index contributed by atoms with van der Waals surface area (Å²) in [6.07, 6.45) is 0.905. The molecule has 0 spiro atoms. The summed E-state index contributed by atoms with van der Waals surface area (Å²) >= 11 is 0. The van der Waals surface area contributed by atoms with Gasteiger partial charge in [0.05, 0.1) is 0 Å². The van der Waals surface area contributed by atoms with Crippen molar-refractivity contribution in [2.24, 2.45) is 5.92 Å². The number of benzene rings is 1. The molecule has 2 aromatic rings. The molecule has 1 aromatic carbocycles. The zero-order valence-corrected chi connectivity index (χ0v) is 13.2. The number of nitrogen functional groups attached to an aromatic ring is 1. The second kappa shape index (κ2) is 5.70. The van der Waals surface area contributed by atoms with Crippen LogP contribution in [0.15, 0.2) is 18.2 Å². The van der Waals surface area contributed by atoms with Crippen LogP contribution < -0.4 is 5.73 Å². The van der Waals surface area contributed by atoms with Gasteiger partial charge in [-0.1, -0.05) is 39.0 Å². The van der Waals surface area contributed by atoms with E-state index in [1.165, 1.54) is 11.1 Å². The first-order valence-corrected chi connectivity index (χ1v) is 7.37. The van der Waals surface area contributed by atoms with E-state index in [9.17, 15) is 0 Å². The van der Waals surface area contributed by atoms with Gasteiger partial charge in [-0.05, 0) is 30.9 Å². The summed E-state index contributed by atoms with van der Waals surface area (Å²) in [7, 11) is 0. The van der Waals surface area contributed by atoms with Crippen LogP contribution in [0.3, 0.4) is 0 Å². The zero-order chi connectivity index (χ0) is 14.9. The van der Waals surface area contributed by atoms with E-state index in [4.69, 9.17) is 10.7 Å². The fourth-order valence-corrected chi connectivity index (χ4v) is 2.56. The number of aromatic nitrogens is 2. The lowest BCUT2D eigenvalue weighted by Crippen LogP contribution is -2.11. The summed E-state index contributed by atoms with van der Waals surface area (Å²) in [6, 6.07) is 6.31. The molecule has 0 saturated carbocycles. The van der Waals surface area contributed by atoms with Crippen molar-refractivity contribution in [1.82, 2.24) is 9.55 Å². The van der Waals surface area contributed by atoms with Gasteiger partial charge in [0.1, 0.15) is 17.3 Å². The Kier molecular flexibility index (Phi) is 4.17. The highest BCUT2D eigenvalue weighted by molar-refractivity contribution is 5.74. The Morgan fingerprint density at radius 3 is 2.55 bits per heavy atom. The first-order chi connectivity index (χ1) is 9.45. The maximum absolute atomic E-state index is 6.38. The van der Waals surface area contributed by atoms with Gasteiger partial charge >= 0.3 is 0 Å². The molecule has 0 aliphatic heterocycles. The van der Waals surface area contributed by atoms with E-state index in [1.54, 1.807) is 0 Å². The molecule has 0 aliphatic rings. The van der Waals surface area contributed by atoms with Crippen molar-refractivity contribution in [1.29, 1.82) is 0 Å². The van der Waals surface area contributed by atoms with Gasteiger partial charge in [0.2, 0.25) is 0 Å². The molecule has 0 unspecified atom stereocenters. The van der Waals surface area contributed by atoms with Gasteiger partial charge in [-0.2, -0.15) is 0 Å². The summed E-state index contributed by atoms with van der Waals surface area (Å²) in [5, 5.41) is 0. The van der Waals surface area contributed by atoms with Crippen molar-refractivity contribution < 1.29 is 0 Å². The molecule has 1 heterocycles. The van der Waals surface area contributed by atoms with Crippen LogP contribution in [0.5, 0.6) is 0 Å². The molecule has 20 heavy (non-hydrogen) atoms. The van der Waals surface area contributed by atoms with Crippen molar-refractivity contribution in [3.63, 3.8) is 0 Å². The molecule has 1 aromatic heterocycles. The SMILES string of the molecule is CCc1nc(-c2cccc(C)c2C)c(N)n1CC(C)C. The predicted octanol–water partition coefficient (Wildman–Crippen LogP) is 3.97. The molecular weight excluding hydrogens is 246 g/mol. The third-order valence-electron chi connectivity index (χ3n) is 3.81. The monoisotopic (exact) mass is 271 g/mol. The number of anilines is 1. The van der Waals surface area contributed by atoms with Crippen molar-refractivity contribution >= 4 is 5.82 Å². The van der Waals surface area contributed by atoms with Crippen LogP contribution >= 0.6 is 0 Å². The van der Waals surface area contributed by atoms with Crippen molar-refractivity contribution in [3.8, 4) is 11.3 Å². The van der Waals surface area contributed by atoms with Gasteiger partial charge in [0.25, 0.3) is 0 Å². The van der Waals surface area contributed by atoms with Crippen LogP contribution in [-0.2, 0) is 13.0 Å². The molecule has 0 radical (unpaired) electrons. The van der Waals surface area contributed by atoms with Gasteiger partial charge in [-0.15, -0.1) is 0 Å². The van der Waals surface area contributed by atoms with E-state index in [0.29, 0.717) is 5.92 Å². The number of nitrogens with two attached hydrogens (primary N) is 1. The summed E-state index contributed by atoms with van der Waals surface area (Å²) in [6.45, 7) is 11.7. The van der Waals surface area contributed by atoms with E-state index < -0.39 is 0 Å². The lowest BCUT2D eigenvalue weighted by atomic mass is 10.0. The zero-order valence-electron chi connectivity index (χ0n) is 13.2. The van der Waals surface area contributed by atoms with E-state index in [0.717, 1.165) is 35.9 Å². The molecule has 0 bridgehead atoms. The highest BCUT2D eigenvalue weighted by atomic mass is 15.1. The summed E-state index contributed by atoms with van der Waals surface area (Å²) in [5.41, 5.74) is 11.0. The van der Waals surface area contributed by atoms with Crippen LogP contribution in [0.1, 0.15) is 37.7 Å². The van der Waals surface area contributed by atoms with Crippen LogP contribution in [0, 0.1) is 19.8 Å². The quantitative estimate of drug-likeness (QED) is 0.914. The molecular formula is C17H25N3. The number of rotatable bonds is 4. The Hall–Kier alpha value is -1.77. The van der Waals surface area contributed by atoms with Gasteiger partial charge in [0.15, 0.2) is 0 Å². The average molecular weight is 271 g/mol. The van der Waals surface area contributed by atoms with Gasteiger partial charge < -0.3 is 10.3 Å². The predicted molar refractivity (Wildman–Crippen MR) is 85.8 cm³/mol. The number of nitrogens with zero attached hydrogens (tertiary/aromatic N) is 2. The molecule has 0 fully saturated rings. The maximum atomic E-state index is 6.38. The smallest absolute Gasteiger partial charge is 0.131 e. The largest absolute Gasteiger partial charge is 0.383 e. The van der Waals surface area contributed by atoms with Crippen LogP contribution in [-0.4, -0.2) is 9.55 Å². The maximum Gasteiger partial charge on any atom is 0.131 e. The second-order valence-corrected chi connectivity index (χ2v) is 5.87. The van der Waals surface area contributed by atoms with E-state index in [2.05, 4.69) is 57.4 Å².